The van der Waals surface area contributed by atoms with Gasteiger partial charge in [-0.25, -0.2) is 9.67 Å². The lowest BCUT2D eigenvalue weighted by atomic mass is 9.68. The lowest BCUT2D eigenvalue weighted by Crippen LogP contribution is -2.27. The van der Waals surface area contributed by atoms with Gasteiger partial charge in [0.1, 0.15) is 17.3 Å². The molecule has 3 aliphatic carbocycles. The highest BCUT2D eigenvalue weighted by molar-refractivity contribution is 6.09. The first-order chi connectivity index (χ1) is 24.8. The van der Waals surface area contributed by atoms with E-state index in [4.69, 9.17) is 14.8 Å². The smallest absolute Gasteiger partial charge is 0.137 e. The zero-order valence-corrected chi connectivity index (χ0v) is 27.4. The average Bonchev–Trinajstić information content (AvgIpc) is 3.91. The van der Waals surface area contributed by atoms with Gasteiger partial charge in [0.15, 0.2) is 0 Å². The number of para-hydroxylation sites is 1. The minimum absolute atomic E-state index is 0.286. The molecule has 0 N–H and O–H groups in total. The van der Waals surface area contributed by atoms with Gasteiger partial charge in [-0.1, -0.05) is 78.9 Å². The number of rotatable bonds is 4. The van der Waals surface area contributed by atoms with E-state index in [-0.39, 0.29) is 5.41 Å². The molecule has 8 aromatic rings. The number of hydrogen-bond acceptors (Lipinski definition) is 3. The van der Waals surface area contributed by atoms with E-state index in [1.54, 1.807) is 11.1 Å². The first-order valence-electron chi connectivity index (χ1n) is 17.5. The summed E-state index contributed by atoms with van der Waals surface area (Å²) < 4.78 is 11.0. The van der Waals surface area contributed by atoms with Crippen molar-refractivity contribution in [3.63, 3.8) is 0 Å². The van der Waals surface area contributed by atoms with Crippen molar-refractivity contribution in [1.82, 2.24) is 19.3 Å². The van der Waals surface area contributed by atoms with Gasteiger partial charge < -0.3 is 4.74 Å². The quantitative estimate of drug-likeness (QED) is 0.191. The second-order valence-electron chi connectivity index (χ2n) is 13.6. The molecule has 0 fully saturated rings. The number of aromatic nitrogens is 4. The van der Waals surface area contributed by atoms with Crippen LogP contribution >= 0.6 is 0 Å². The van der Waals surface area contributed by atoms with Crippen LogP contribution in [0.25, 0.3) is 50.1 Å². The van der Waals surface area contributed by atoms with Crippen LogP contribution in [0.3, 0.4) is 0 Å². The Kier molecular flexibility index (Phi) is 5.77. The fourth-order valence-corrected chi connectivity index (χ4v) is 9.27. The van der Waals surface area contributed by atoms with E-state index in [0.717, 1.165) is 52.3 Å². The number of pyridine rings is 1. The van der Waals surface area contributed by atoms with E-state index >= 15 is 0 Å². The molecule has 0 amide bonds. The van der Waals surface area contributed by atoms with Gasteiger partial charge in [-0.3, -0.25) is 4.57 Å². The number of nitrogens with zero attached hydrogens (tertiary/aromatic N) is 4. The summed E-state index contributed by atoms with van der Waals surface area (Å²) in [4.78, 5) is 4.69. The number of fused-ring (bicyclic) bond motifs is 12. The Balaban J connectivity index is 1.03. The summed E-state index contributed by atoms with van der Waals surface area (Å²) in [7, 11) is 0. The van der Waals surface area contributed by atoms with Crippen molar-refractivity contribution in [1.29, 1.82) is 0 Å². The van der Waals surface area contributed by atoms with E-state index in [1.807, 2.05) is 30.5 Å². The fraction of sp³-hybridized carbons (Fsp3) is 0.111. The van der Waals surface area contributed by atoms with Crippen molar-refractivity contribution in [2.75, 3.05) is 0 Å². The van der Waals surface area contributed by atoms with Gasteiger partial charge in [-0.05, 0) is 96.0 Å². The highest BCUT2D eigenvalue weighted by Crippen LogP contribution is 2.64. The summed E-state index contributed by atoms with van der Waals surface area (Å²) in [5.41, 5.74) is 13.9. The molecule has 0 bridgehead atoms. The Bertz CT molecular complexity index is 2700. The van der Waals surface area contributed by atoms with Crippen LogP contribution in [0.15, 0.2) is 151 Å². The first kappa shape index (κ1) is 27.7. The molecular weight excluding hydrogens is 613 g/mol. The van der Waals surface area contributed by atoms with Gasteiger partial charge in [0.2, 0.25) is 0 Å². The molecule has 5 nitrogen and oxygen atoms in total. The molecule has 11 rings (SSSR count). The van der Waals surface area contributed by atoms with Crippen molar-refractivity contribution in [2.45, 2.75) is 31.1 Å². The van der Waals surface area contributed by atoms with Crippen LogP contribution in [0.2, 0.25) is 0 Å². The Morgan fingerprint density at radius 3 is 2.26 bits per heavy atom. The molecule has 5 heteroatoms. The average molecular weight is 645 g/mol. The number of benzene rings is 5. The zero-order valence-electron chi connectivity index (χ0n) is 27.4. The van der Waals surface area contributed by atoms with Crippen LogP contribution in [0.4, 0.5) is 0 Å². The molecule has 0 aliphatic heterocycles. The molecule has 0 saturated carbocycles. The Hall–Kier alpha value is -6.20. The predicted molar refractivity (Wildman–Crippen MR) is 199 cm³/mol. The SMILES string of the molecule is c1ccc(-n2c3ccccc3c3ccc(Oc4cccc(-n5ncc6c5-c5ccccc5C65C6=C(CCCC6)c6ccccc65)c4)cc32)nc1. The first-order valence-corrected chi connectivity index (χ1v) is 17.5. The van der Waals surface area contributed by atoms with Crippen LogP contribution < -0.4 is 4.74 Å². The summed E-state index contributed by atoms with van der Waals surface area (Å²) in [5, 5.41) is 7.48. The topological polar surface area (TPSA) is 44.9 Å². The predicted octanol–water partition coefficient (Wildman–Crippen LogP) is 10.8. The largest absolute Gasteiger partial charge is 0.457 e. The maximum atomic E-state index is 6.63. The molecule has 3 heterocycles. The van der Waals surface area contributed by atoms with Crippen molar-refractivity contribution < 1.29 is 4.74 Å². The van der Waals surface area contributed by atoms with Crippen molar-refractivity contribution in [3.05, 3.63) is 174 Å². The van der Waals surface area contributed by atoms with E-state index in [0.29, 0.717) is 0 Å². The van der Waals surface area contributed by atoms with Crippen molar-refractivity contribution in [2.24, 2.45) is 0 Å². The standard InChI is InChI=1S/C45H32N4O/c1-5-18-37-32(14-1)33-15-2-6-19-38(33)45(37)39-20-7-3-17-36(39)44-40(45)28-47-49(44)29-12-11-13-30(26-29)50-31-23-24-35-34-16-4-8-21-41(34)48(42(35)27-31)43-22-9-10-25-46-43/h1,3-5,7-14,16-18,20-28H,2,6,15,19H2. The summed E-state index contributed by atoms with van der Waals surface area (Å²) in [5.74, 6) is 2.41. The van der Waals surface area contributed by atoms with Gasteiger partial charge in [0.05, 0.1) is 34.0 Å². The van der Waals surface area contributed by atoms with E-state index in [9.17, 15) is 0 Å². The van der Waals surface area contributed by atoms with Crippen LogP contribution in [0, 0.1) is 0 Å². The van der Waals surface area contributed by atoms with Crippen LogP contribution in [0.1, 0.15) is 47.9 Å². The molecule has 238 valence electrons. The highest BCUT2D eigenvalue weighted by atomic mass is 16.5. The maximum absolute atomic E-state index is 6.63. The third-order valence-corrected chi connectivity index (χ3v) is 11.2. The third-order valence-electron chi connectivity index (χ3n) is 11.2. The maximum Gasteiger partial charge on any atom is 0.137 e. The molecule has 0 radical (unpaired) electrons. The van der Waals surface area contributed by atoms with Gasteiger partial charge >= 0.3 is 0 Å². The van der Waals surface area contributed by atoms with E-state index in [1.165, 1.54) is 51.7 Å². The summed E-state index contributed by atoms with van der Waals surface area (Å²) in [6.45, 7) is 0. The van der Waals surface area contributed by atoms with Crippen LogP contribution in [-0.4, -0.2) is 19.3 Å². The lowest BCUT2D eigenvalue weighted by molar-refractivity contribution is 0.483. The second kappa shape index (κ2) is 10.4. The summed E-state index contributed by atoms with van der Waals surface area (Å²) in [6.07, 6.45) is 8.72. The van der Waals surface area contributed by atoms with Crippen LogP contribution in [-0.2, 0) is 5.41 Å². The van der Waals surface area contributed by atoms with Gasteiger partial charge in [-0.15, -0.1) is 0 Å². The Morgan fingerprint density at radius 2 is 1.36 bits per heavy atom. The fourth-order valence-electron chi connectivity index (χ4n) is 9.27. The molecule has 1 atom stereocenters. The van der Waals surface area contributed by atoms with Gasteiger partial charge in [0.25, 0.3) is 0 Å². The van der Waals surface area contributed by atoms with Gasteiger partial charge in [0, 0.05) is 40.2 Å². The molecular formula is C45H32N4O. The molecule has 1 spiro atoms. The van der Waals surface area contributed by atoms with Crippen molar-refractivity contribution in [3.8, 4) is 34.3 Å². The number of hydrogen-bond donors (Lipinski definition) is 0. The molecule has 3 aliphatic rings. The number of allylic oxidation sites excluding steroid dienone is 2. The minimum Gasteiger partial charge on any atom is -0.457 e. The number of ether oxygens (including phenoxy) is 1. The molecule has 1 unspecified atom stereocenters. The normalized spacial score (nSPS) is 17.3. The summed E-state index contributed by atoms with van der Waals surface area (Å²) >= 11 is 0. The van der Waals surface area contributed by atoms with Crippen molar-refractivity contribution >= 4 is 27.4 Å². The molecule has 50 heavy (non-hydrogen) atoms. The monoisotopic (exact) mass is 644 g/mol. The summed E-state index contributed by atoms with van der Waals surface area (Å²) in [6, 6.07) is 47.2. The Labute approximate surface area is 289 Å². The lowest BCUT2D eigenvalue weighted by Gasteiger charge is -2.32. The van der Waals surface area contributed by atoms with E-state index in [2.05, 4.69) is 125 Å². The minimum atomic E-state index is -0.286. The Morgan fingerprint density at radius 1 is 0.600 bits per heavy atom. The molecule has 3 aromatic heterocycles. The third kappa shape index (κ3) is 3.66. The molecule has 5 aromatic carbocycles. The van der Waals surface area contributed by atoms with Crippen LogP contribution in [0.5, 0.6) is 11.5 Å². The zero-order chi connectivity index (χ0) is 32.8. The molecule has 0 saturated heterocycles. The van der Waals surface area contributed by atoms with Gasteiger partial charge in [-0.2, -0.15) is 5.10 Å². The second-order valence-corrected chi connectivity index (χ2v) is 13.6. The highest BCUT2D eigenvalue weighted by Gasteiger charge is 2.54. The van der Waals surface area contributed by atoms with E-state index < -0.39 is 0 Å².